The molecule has 1 heterocycles. The minimum atomic E-state index is 0.617. The number of aromatic nitrogens is 1. The number of nitrogens with zero attached hydrogens (tertiary/aromatic N) is 2. The number of methoxy groups -OCH3 is 1. The Morgan fingerprint density at radius 2 is 2.14 bits per heavy atom. The summed E-state index contributed by atoms with van der Waals surface area (Å²) in [5.74, 6) is 0.811. The fraction of sp³-hybridized carbons (Fsp3) is 0.125. The summed E-state index contributed by atoms with van der Waals surface area (Å²) in [5.41, 5.74) is 3.36. The highest BCUT2D eigenvalue weighted by Crippen LogP contribution is 2.32. The van der Waals surface area contributed by atoms with Gasteiger partial charge in [0.25, 0.3) is 0 Å². The third-order valence-corrected chi connectivity index (χ3v) is 4.15. The summed E-state index contributed by atoms with van der Waals surface area (Å²) in [6, 6.07) is 13.6. The number of nitrogens with one attached hydrogen (secondary N) is 1. The van der Waals surface area contributed by atoms with Gasteiger partial charge in [0.15, 0.2) is 5.13 Å². The number of benzene rings is 2. The topological polar surface area (TPSA) is 57.9 Å². The van der Waals surface area contributed by atoms with Crippen LogP contribution in [0.25, 0.3) is 10.2 Å². The molecule has 1 aromatic heterocycles. The van der Waals surface area contributed by atoms with Crippen LogP contribution in [0.4, 0.5) is 10.8 Å². The molecule has 0 atom stereocenters. The van der Waals surface area contributed by atoms with Crippen molar-refractivity contribution in [2.24, 2.45) is 0 Å². The average Bonchev–Trinajstić information content (AvgIpc) is 2.90. The molecule has 0 aliphatic heterocycles. The van der Waals surface area contributed by atoms with Gasteiger partial charge in [-0.15, -0.1) is 0 Å². The van der Waals surface area contributed by atoms with E-state index in [4.69, 9.17) is 4.74 Å². The van der Waals surface area contributed by atoms with E-state index < -0.39 is 0 Å². The lowest BCUT2D eigenvalue weighted by Gasteiger charge is -2.07. The van der Waals surface area contributed by atoms with Crippen molar-refractivity contribution in [2.45, 2.75) is 6.92 Å². The highest BCUT2D eigenvalue weighted by atomic mass is 32.1. The summed E-state index contributed by atoms with van der Waals surface area (Å²) in [5, 5.41) is 13.2. The van der Waals surface area contributed by atoms with Crippen molar-refractivity contribution < 1.29 is 4.74 Å². The van der Waals surface area contributed by atoms with Crippen LogP contribution >= 0.6 is 11.3 Å². The Morgan fingerprint density at radius 3 is 2.90 bits per heavy atom. The van der Waals surface area contributed by atoms with E-state index in [0.717, 1.165) is 32.3 Å². The number of para-hydroxylation sites is 1. The lowest BCUT2D eigenvalue weighted by atomic mass is 10.1. The SMILES string of the molecule is COc1ccc2nc(Nc3c(C)cccc3C#N)sc2c1. The van der Waals surface area contributed by atoms with Gasteiger partial charge < -0.3 is 10.1 Å². The Bertz CT molecular complexity index is 848. The lowest BCUT2D eigenvalue weighted by Crippen LogP contribution is -1.95. The van der Waals surface area contributed by atoms with Crippen molar-refractivity contribution >= 4 is 32.4 Å². The van der Waals surface area contributed by atoms with Crippen LogP contribution in [0.15, 0.2) is 36.4 Å². The summed E-state index contributed by atoms with van der Waals surface area (Å²) < 4.78 is 6.27. The number of nitriles is 1. The van der Waals surface area contributed by atoms with Gasteiger partial charge in [0.1, 0.15) is 11.8 Å². The number of thiazole rings is 1. The van der Waals surface area contributed by atoms with E-state index in [2.05, 4.69) is 16.4 Å². The molecule has 1 N–H and O–H groups in total. The molecule has 0 aliphatic rings. The zero-order chi connectivity index (χ0) is 14.8. The number of fused-ring (bicyclic) bond motifs is 1. The quantitative estimate of drug-likeness (QED) is 0.785. The smallest absolute Gasteiger partial charge is 0.188 e. The molecular formula is C16H13N3OS. The van der Waals surface area contributed by atoms with Crippen molar-refractivity contribution in [3.05, 3.63) is 47.5 Å². The molecule has 21 heavy (non-hydrogen) atoms. The second kappa shape index (κ2) is 5.43. The largest absolute Gasteiger partial charge is 0.497 e. The van der Waals surface area contributed by atoms with E-state index in [1.54, 1.807) is 13.2 Å². The third-order valence-electron chi connectivity index (χ3n) is 3.22. The summed E-state index contributed by atoms with van der Waals surface area (Å²) in [6.07, 6.45) is 0. The Kier molecular flexibility index (Phi) is 3.46. The van der Waals surface area contributed by atoms with Gasteiger partial charge in [-0.2, -0.15) is 5.26 Å². The molecular weight excluding hydrogens is 282 g/mol. The molecule has 0 radical (unpaired) electrons. The number of anilines is 2. The van der Waals surface area contributed by atoms with Crippen molar-refractivity contribution in [3.63, 3.8) is 0 Å². The van der Waals surface area contributed by atoms with Crippen LogP contribution in [-0.2, 0) is 0 Å². The third kappa shape index (κ3) is 2.54. The van der Waals surface area contributed by atoms with Crippen LogP contribution in [0.1, 0.15) is 11.1 Å². The first-order valence-corrected chi connectivity index (χ1v) is 7.24. The minimum Gasteiger partial charge on any atom is -0.497 e. The Morgan fingerprint density at radius 1 is 1.29 bits per heavy atom. The molecule has 3 aromatic rings. The first-order chi connectivity index (χ1) is 10.2. The lowest BCUT2D eigenvalue weighted by molar-refractivity contribution is 0.415. The average molecular weight is 295 g/mol. The zero-order valence-corrected chi connectivity index (χ0v) is 12.5. The van der Waals surface area contributed by atoms with Gasteiger partial charge in [-0.25, -0.2) is 4.98 Å². The fourth-order valence-electron chi connectivity index (χ4n) is 2.12. The van der Waals surface area contributed by atoms with Gasteiger partial charge in [-0.1, -0.05) is 23.5 Å². The highest BCUT2D eigenvalue weighted by Gasteiger charge is 2.09. The molecule has 2 aromatic carbocycles. The maximum absolute atomic E-state index is 9.21. The Hall–Kier alpha value is -2.58. The molecule has 0 aliphatic carbocycles. The predicted molar refractivity (Wildman–Crippen MR) is 85.3 cm³/mol. The van der Waals surface area contributed by atoms with E-state index >= 15 is 0 Å². The molecule has 0 spiro atoms. The maximum Gasteiger partial charge on any atom is 0.188 e. The monoisotopic (exact) mass is 295 g/mol. The van der Waals surface area contributed by atoms with E-state index in [1.165, 1.54) is 11.3 Å². The first kappa shape index (κ1) is 13.4. The molecule has 0 fully saturated rings. The van der Waals surface area contributed by atoms with E-state index in [1.807, 2.05) is 37.3 Å². The van der Waals surface area contributed by atoms with E-state index in [9.17, 15) is 5.26 Å². The van der Waals surface area contributed by atoms with Gasteiger partial charge >= 0.3 is 0 Å². The van der Waals surface area contributed by atoms with Crippen LogP contribution in [0.3, 0.4) is 0 Å². The zero-order valence-electron chi connectivity index (χ0n) is 11.7. The Balaban J connectivity index is 2.01. The summed E-state index contributed by atoms with van der Waals surface area (Å²) in [7, 11) is 1.65. The van der Waals surface area contributed by atoms with Crippen LogP contribution in [-0.4, -0.2) is 12.1 Å². The van der Waals surface area contributed by atoms with Crippen molar-refractivity contribution in [1.82, 2.24) is 4.98 Å². The van der Waals surface area contributed by atoms with E-state index in [0.29, 0.717) is 5.56 Å². The molecule has 0 amide bonds. The van der Waals surface area contributed by atoms with Crippen LogP contribution in [0.5, 0.6) is 5.75 Å². The van der Waals surface area contributed by atoms with E-state index in [-0.39, 0.29) is 0 Å². The molecule has 104 valence electrons. The summed E-state index contributed by atoms with van der Waals surface area (Å²) in [4.78, 5) is 4.54. The van der Waals surface area contributed by atoms with Crippen LogP contribution < -0.4 is 10.1 Å². The first-order valence-electron chi connectivity index (χ1n) is 6.42. The van der Waals surface area contributed by atoms with Crippen molar-refractivity contribution in [3.8, 4) is 11.8 Å². The molecule has 3 rings (SSSR count). The minimum absolute atomic E-state index is 0.617. The summed E-state index contributed by atoms with van der Waals surface area (Å²) in [6.45, 7) is 1.97. The number of hydrogen-bond acceptors (Lipinski definition) is 5. The molecule has 0 saturated heterocycles. The highest BCUT2D eigenvalue weighted by molar-refractivity contribution is 7.22. The maximum atomic E-state index is 9.21. The summed E-state index contributed by atoms with van der Waals surface area (Å²) >= 11 is 1.54. The number of rotatable bonds is 3. The van der Waals surface area contributed by atoms with Crippen LogP contribution in [0, 0.1) is 18.3 Å². The second-order valence-electron chi connectivity index (χ2n) is 4.59. The van der Waals surface area contributed by atoms with Crippen molar-refractivity contribution in [1.29, 1.82) is 5.26 Å². The predicted octanol–water partition coefficient (Wildman–Crippen LogP) is 4.23. The van der Waals surface area contributed by atoms with Gasteiger partial charge in [0.2, 0.25) is 0 Å². The Labute approximate surface area is 126 Å². The number of ether oxygens (including phenoxy) is 1. The molecule has 0 unspecified atom stereocenters. The number of aryl methyl sites for hydroxylation is 1. The molecule has 0 bridgehead atoms. The second-order valence-corrected chi connectivity index (χ2v) is 5.62. The van der Waals surface area contributed by atoms with Gasteiger partial charge in [0, 0.05) is 0 Å². The molecule has 5 heteroatoms. The fourth-order valence-corrected chi connectivity index (χ4v) is 3.02. The van der Waals surface area contributed by atoms with Gasteiger partial charge in [0.05, 0.1) is 28.6 Å². The normalized spacial score (nSPS) is 10.3. The standard InChI is InChI=1S/C16H13N3OS/c1-10-4-3-5-11(9-17)15(10)19-16-18-13-7-6-12(20-2)8-14(13)21-16/h3-8H,1-2H3,(H,18,19). The molecule has 4 nitrogen and oxygen atoms in total. The number of hydrogen-bond donors (Lipinski definition) is 1. The van der Waals surface area contributed by atoms with Crippen molar-refractivity contribution in [2.75, 3.05) is 12.4 Å². The molecule has 0 saturated carbocycles. The van der Waals surface area contributed by atoms with Gasteiger partial charge in [-0.05, 0) is 36.8 Å². The van der Waals surface area contributed by atoms with Gasteiger partial charge in [-0.3, -0.25) is 0 Å². The van der Waals surface area contributed by atoms with Crippen LogP contribution in [0.2, 0.25) is 0 Å².